The number of hydrogen-bond donors (Lipinski definition) is 0. The standard InChI is InChI=1S/C17H17NO2S/c1-12-9-13(20-8-7-19-2)10-18-17(12)15-11-21-16-6-4-3-5-14(15)16/h3-6,9-11H,7-8H2,1-2H3. The second-order valence-electron chi connectivity index (χ2n) is 4.82. The smallest absolute Gasteiger partial charge is 0.138 e. The second kappa shape index (κ2) is 6.24. The molecule has 0 atom stereocenters. The zero-order valence-corrected chi connectivity index (χ0v) is 12.9. The maximum absolute atomic E-state index is 5.60. The van der Waals surface area contributed by atoms with Crippen molar-refractivity contribution in [3.05, 3.63) is 47.5 Å². The predicted molar refractivity (Wildman–Crippen MR) is 87.2 cm³/mol. The number of aromatic nitrogens is 1. The van der Waals surface area contributed by atoms with Gasteiger partial charge in [-0.3, -0.25) is 4.98 Å². The number of thiophene rings is 1. The maximum atomic E-state index is 5.60. The van der Waals surface area contributed by atoms with Crippen LogP contribution >= 0.6 is 11.3 Å². The second-order valence-corrected chi connectivity index (χ2v) is 5.73. The summed E-state index contributed by atoms with van der Waals surface area (Å²) in [6, 6.07) is 10.4. The first-order valence-electron chi connectivity index (χ1n) is 6.84. The summed E-state index contributed by atoms with van der Waals surface area (Å²) >= 11 is 1.75. The largest absolute Gasteiger partial charge is 0.490 e. The molecule has 2 aromatic heterocycles. The lowest BCUT2D eigenvalue weighted by Crippen LogP contribution is -2.04. The van der Waals surface area contributed by atoms with Gasteiger partial charge in [0.05, 0.1) is 18.5 Å². The van der Waals surface area contributed by atoms with Gasteiger partial charge >= 0.3 is 0 Å². The van der Waals surface area contributed by atoms with Crippen LogP contribution in [0.25, 0.3) is 21.3 Å². The van der Waals surface area contributed by atoms with E-state index >= 15 is 0 Å². The molecule has 0 saturated carbocycles. The van der Waals surface area contributed by atoms with Gasteiger partial charge in [-0.15, -0.1) is 11.3 Å². The fraction of sp³-hybridized carbons (Fsp3) is 0.235. The molecule has 3 aromatic rings. The number of methoxy groups -OCH3 is 1. The Morgan fingerprint density at radius 2 is 2.05 bits per heavy atom. The molecule has 0 aliphatic carbocycles. The van der Waals surface area contributed by atoms with Crippen molar-refractivity contribution in [2.75, 3.05) is 20.3 Å². The lowest BCUT2D eigenvalue weighted by atomic mass is 10.1. The van der Waals surface area contributed by atoms with Crippen LogP contribution in [0.1, 0.15) is 5.56 Å². The Hall–Kier alpha value is -1.91. The van der Waals surface area contributed by atoms with Crippen LogP contribution in [0.15, 0.2) is 41.9 Å². The van der Waals surface area contributed by atoms with Crippen molar-refractivity contribution >= 4 is 21.4 Å². The van der Waals surface area contributed by atoms with Crippen LogP contribution in [-0.2, 0) is 4.74 Å². The van der Waals surface area contributed by atoms with Crippen LogP contribution in [-0.4, -0.2) is 25.3 Å². The number of benzene rings is 1. The van der Waals surface area contributed by atoms with E-state index in [4.69, 9.17) is 9.47 Å². The molecule has 0 aliphatic rings. The Morgan fingerprint density at radius 3 is 2.86 bits per heavy atom. The molecule has 108 valence electrons. The number of rotatable bonds is 5. The molecule has 3 nitrogen and oxygen atoms in total. The van der Waals surface area contributed by atoms with Gasteiger partial charge < -0.3 is 9.47 Å². The van der Waals surface area contributed by atoms with Crippen molar-refractivity contribution < 1.29 is 9.47 Å². The molecule has 1 aromatic carbocycles. The molecule has 0 N–H and O–H groups in total. The summed E-state index contributed by atoms with van der Waals surface area (Å²) < 4.78 is 11.9. The van der Waals surface area contributed by atoms with E-state index in [1.54, 1.807) is 24.6 Å². The average Bonchev–Trinajstić information content (AvgIpc) is 2.92. The highest BCUT2D eigenvalue weighted by atomic mass is 32.1. The molecule has 3 rings (SSSR count). The zero-order valence-electron chi connectivity index (χ0n) is 12.1. The minimum atomic E-state index is 0.540. The topological polar surface area (TPSA) is 31.4 Å². The summed E-state index contributed by atoms with van der Waals surface area (Å²) in [5, 5.41) is 3.43. The molecule has 0 fully saturated rings. The average molecular weight is 299 g/mol. The third kappa shape index (κ3) is 2.91. The molecule has 0 spiro atoms. The Morgan fingerprint density at radius 1 is 1.19 bits per heavy atom. The summed E-state index contributed by atoms with van der Waals surface area (Å²) in [4.78, 5) is 4.59. The summed E-state index contributed by atoms with van der Waals surface area (Å²) in [5.74, 6) is 0.785. The van der Waals surface area contributed by atoms with Crippen LogP contribution in [0.5, 0.6) is 5.75 Å². The molecule has 0 amide bonds. The monoisotopic (exact) mass is 299 g/mol. The van der Waals surface area contributed by atoms with Crippen molar-refractivity contribution in [2.24, 2.45) is 0 Å². The van der Waals surface area contributed by atoms with Gasteiger partial charge in [0, 0.05) is 28.1 Å². The van der Waals surface area contributed by atoms with Crippen LogP contribution < -0.4 is 4.74 Å². The van der Waals surface area contributed by atoms with Gasteiger partial charge in [0.1, 0.15) is 12.4 Å². The first-order chi connectivity index (χ1) is 10.3. The van der Waals surface area contributed by atoms with Gasteiger partial charge in [-0.25, -0.2) is 0 Å². The fourth-order valence-electron chi connectivity index (χ4n) is 2.31. The van der Waals surface area contributed by atoms with E-state index in [1.165, 1.54) is 15.6 Å². The lowest BCUT2D eigenvalue weighted by Gasteiger charge is -2.09. The highest BCUT2D eigenvalue weighted by Crippen LogP contribution is 2.34. The highest BCUT2D eigenvalue weighted by molar-refractivity contribution is 7.17. The SMILES string of the molecule is COCCOc1cnc(-c2csc3ccccc23)c(C)c1. The van der Waals surface area contributed by atoms with E-state index < -0.39 is 0 Å². The molecule has 0 unspecified atom stereocenters. The van der Waals surface area contributed by atoms with E-state index in [0.717, 1.165) is 17.0 Å². The minimum Gasteiger partial charge on any atom is -0.490 e. The molecule has 21 heavy (non-hydrogen) atoms. The first kappa shape index (κ1) is 14.0. The number of ether oxygens (including phenoxy) is 2. The number of hydrogen-bond acceptors (Lipinski definition) is 4. The summed E-state index contributed by atoms with van der Waals surface area (Å²) in [5.41, 5.74) is 3.33. The molecule has 4 heteroatoms. The van der Waals surface area contributed by atoms with Gasteiger partial charge in [0.15, 0.2) is 0 Å². The zero-order chi connectivity index (χ0) is 14.7. The summed E-state index contributed by atoms with van der Waals surface area (Å²) in [6.07, 6.45) is 1.78. The van der Waals surface area contributed by atoms with Gasteiger partial charge in [-0.05, 0) is 24.6 Å². The third-order valence-corrected chi connectivity index (χ3v) is 4.31. The molecule has 2 heterocycles. The number of pyridine rings is 1. The fourth-order valence-corrected chi connectivity index (χ4v) is 3.26. The van der Waals surface area contributed by atoms with Gasteiger partial charge in [0.2, 0.25) is 0 Å². The van der Waals surface area contributed by atoms with Crippen molar-refractivity contribution in [1.29, 1.82) is 0 Å². The first-order valence-corrected chi connectivity index (χ1v) is 7.72. The Balaban J connectivity index is 1.92. The number of fused-ring (bicyclic) bond motifs is 1. The highest BCUT2D eigenvalue weighted by Gasteiger charge is 2.10. The lowest BCUT2D eigenvalue weighted by molar-refractivity contribution is 0.146. The van der Waals surface area contributed by atoms with Gasteiger partial charge in [-0.1, -0.05) is 18.2 Å². The molecular formula is C17H17NO2S. The van der Waals surface area contributed by atoms with E-state index in [0.29, 0.717) is 13.2 Å². The molecular weight excluding hydrogens is 282 g/mol. The van der Waals surface area contributed by atoms with E-state index in [1.807, 2.05) is 6.07 Å². The summed E-state index contributed by atoms with van der Waals surface area (Å²) in [6.45, 7) is 3.19. The molecule has 0 bridgehead atoms. The maximum Gasteiger partial charge on any atom is 0.138 e. The Bertz CT molecular complexity index is 751. The normalized spacial score (nSPS) is 11.0. The minimum absolute atomic E-state index is 0.540. The van der Waals surface area contributed by atoms with Crippen molar-refractivity contribution in [1.82, 2.24) is 4.98 Å². The van der Waals surface area contributed by atoms with Crippen molar-refractivity contribution in [3.63, 3.8) is 0 Å². The number of aryl methyl sites for hydroxylation is 1. The quantitative estimate of drug-likeness (QED) is 0.658. The van der Waals surface area contributed by atoms with Crippen molar-refractivity contribution in [3.8, 4) is 17.0 Å². The van der Waals surface area contributed by atoms with Crippen LogP contribution in [0.4, 0.5) is 0 Å². The van der Waals surface area contributed by atoms with E-state index in [2.05, 4.69) is 41.6 Å². The van der Waals surface area contributed by atoms with Gasteiger partial charge in [0.25, 0.3) is 0 Å². The molecule has 0 aliphatic heterocycles. The van der Waals surface area contributed by atoms with Crippen LogP contribution in [0.3, 0.4) is 0 Å². The van der Waals surface area contributed by atoms with Crippen molar-refractivity contribution in [2.45, 2.75) is 6.92 Å². The molecule has 0 saturated heterocycles. The summed E-state index contributed by atoms with van der Waals surface area (Å²) in [7, 11) is 1.66. The van der Waals surface area contributed by atoms with E-state index in [9.17, 15) is 0 Å². The van der Waals surface area contributed by atoms with E-state index in [-0.39, 0.29) is 0 Å². The third-order valence-electron chi connectivity index (χ3n) is 3.35. The predicted octanol–water partition coefficient (Wildman–Crippen LogP) is 4.30. The van der Waals surface area contributed by atoms with Crippen LogP contribution in [0.2, 0.25) is 0 Å². The van der Waals surface area contributed by atoms with Crippen LogP contribution in [0, 0.1) is 6.92 Å². The Kier molecular flexibility index (Phi) is 4.18. The Labute approximate surface area is 128 Å². The molecule has 0 radical (unpaired) electrons. The number of nitrogens with zero attached hydrogens (tertiary/aromatic N) is 1. The van der Waals surface area contributed by atoms with Gasteiger partial charge in [-0.2, -0.15) is 0 Å².